The number of H-pyrrole nitrogens is 2. The van der Waals surface area contributed by atoms with Crippen molar-refractivity contribution in [2.24, 2.45) is 0 Å². The van der Waals surface area contributed by atoms with Crippen molar-refractivity contribution in [2.75, 3.05) is 52.9 Å². The Hall–Kier alpha value is -11.2. The molecule has 2 aliphatic rings. The molecular weight excluding hydrogens is 1140 g/mol. The van der Waals surface area contributed by atoms with Gasteiger partial charge in [0.05, 0.1) is 75.6 Å². The van der Waals surface area contributed by atoms with Crippen molar-refractivity contribution in [1.82, 2.24) is 19.9 Å². The third-order valence-corrected chi connectivity index (χ3v) is 15.6. The number of hydrogen-bond acceptors (Lipinski definition) is 10. The van der Waals surface area contributed by atoms with Crippen LogP contribution in [0.2, 0.25) is 0 Å². The van der Waals surface area contributed by atoms with Gasteiger partial charge in [0.25, 0.3) is 0 Å². The van der Waals surface area contributed by atoms with Crippen molar-refractivity contribution in [3.8, 4) is 90.5 Å². The smallest absolute Gasteiger partial charge is 0.127 e. The van der Waals surface area contributed by atoms with E-state index in [4.69, 9.17) is 47.9 Å². The van der Waals surface area contributed by atoms with Crippen molar-refractivity contribution in [1.29, 1.82) is 0 Å². The Bertz CT molecular complexity index is 3930. The average Bonchev–Trinajstić information content (AvgIpc) is 1.74. The molecular formula is C80H70N4O8. The number of ether oxygens (including phenoxy) is 8. The summed E-state index contributed by atoms with van der Waals surface area (Å²) in [6.45, 7) is 3.68. The van der Waals surface area contributed by atoms with Crippen LogP contribution in [0.25, 0.3) is 90.9 Å². The molecule has 0 fully saturated rings. The van der Waals surface area contributed by atoms with Crippen LogP contribution in [0.1, 0.15) is 48.5 Å². The second-order valence-electron chi connectivity index (χ2n) is 21.9. The van der Waals surface area contributed by atoms with Crippen molar-refractivity contribution < 1.29 is 37.9 Å². The number of fused-ring (bicyclic) bond motifs is 8. The third-order valence-electron chi connectivity index (χ3n) is 15.6. The Morgan fingerprint density at radius 1 is 0.217 bits per heavy atom. The monoisotopic (exact) mass is 1210 g/mol. The molecule has 0 amide bonds. The van der Waals surface area contributed by atoms with Gasteiger partial charge in [-0.15, -0.1) is 0 Å². The lowest BCUT2D eigenvalue weighted by atomic mass is 10.0. The number of nitrogens with one attached hydrogen (secondary N) is 2. The van der Waals surface area contributed by atoms with E-state index in [0.717, 1.165) is 112 Å². The molecule has 458 valence electrons. The van der Waals surface area contributed by atoms with E-state index in [1.165, 1.54) is 0 Å². The second-order valence-corrected chi connectivity index (χ2v) is 21.9. The Balaban J connectivity index is 0.975. The summed E-state index contributed by atoms with van der Waals surface area (Å²) in [5.74, 6) is 6.12. The Morgan fingerprint density at radius 3 is 0.663 bits per heavy atom. The van der Waals surface area contributed by atoms with Crippen LogP contribution < -0.4 is 37.9 Å². The molecule has 3 aromatic heterocycles. The Kier molecular flexibility index (Phi) is 19.4. The minimum Gasteiger partial charge on any atom is -0.493 e. The molecule has 0 aliphatic carbocycles. The topological polar surface area (TPSA) is 131 Å². The lowest BCUT2D eigenvalue weighted by Gasteiger charge is -2.14. The highest BCUT2D eigenvalue weighted by Gasteiger charge is 2.24. The van der Waals surface area contributed by atoms with E-state index >= 15 is 0 Å². The summed E-state index contributed by atoms with van der Waals surface area (Å²) in [6, 6.07) is 80.6. The molecule has 12 heteroatoms. The van der Waals surface area contributed by atoms with Crippen LogP contribution in [0.3, 0.4) is 0 Å². The fraction of sp³-hybridized carbons (Fsp3) is 0.150. The van der Waals surface area contributed by atoms with Crippen LogP contribution in [0, 0.1) is 0 Å². The molecule has 2 N–H and O–H groups in total. The van der Waals surface area contributed by atoms with Gasteiger partial charge in [-0.2, -0.15) is 0 Å². The van der Waals surface area contributed by atoms with Crippen LogP contribution in [0.5, 0.6) is 46.0 Å². The predicted molar refractivity (Wildman–Crippen MR) is 369 cm³/mol. The minimum atomic E-state index is 0.423. The van der Waals surface area contributed by atoms with E-state index in [1.54, 1.807) is 0 Å². The normalized spacial score (nSPS) is 11.5. The Morgan fingerprint density at radius 2 is 0.424 bits per heavy atom. The highest BCUT2D eigenvalue weighted by atomic mass is 16.5. The zero-order chi connectivity index (χ0) is 61.9. The molecule has 0 spiro atoms. The number of benzene rings is 8. The molecule has 8 aromatic carbocycles. The van der Waals surface area contributed by atoms with Crippen LogP contribution >= 0.6 is 0 Å². The van der Waals surface area contributed by atoms with Crippen molar-refractivity contribution in [3.05, 3.63) is 265 Å². The van der Waals surface area contributed by atoms with Crippen LogP contribution in [0.4, 0.5) is 0 Å². The van der Waals surface area contributed by atoms with Crippen LogP contribution in [0.15, 0.2) is 243 Å². The Labute approximate surface area is 536 Å². The summed E-state index contributed by atoms with van der Waals surface area (Å²) >= 11 is 0. The molecule has 0 atom stereocenters. The molecule has 92 heavy (non-hydrogen) atoms. The summed E-state index contributed by atoms with van der Waals surface area (Å²) in [5, 5.41) is 0. The highest BCUT2D eigenvalue weighted by Crippen LogP contribution is 2.44. The minimum absolute atomic E-state index is 0.423. The lowest BCUT2D eigenvalue weighted by molar-refractivity contribution is 0.248. The quantitative estimate of drug-likeness (QED) is 0.0457. The average molecular weight is 1220 g/mol. The zero-order valence-corrected chi connectivity index (χ0v) is 51.0. The van der Waals surface area contributed by atoms with Gasteiger partial charge in [0.2, 0.25) is 0 Å². The van der Waals surface area contributed by atoms with Crippen molar-refractivity contribution >= 4 is 46.4 Å². The maximum absolute atomic E-state index is 6.74. The summed E-state index contributed by atoms with van der Waals surface area (Å²) in [4.78, 5) is 19.2. The van der Waals surface area contributed by atoms with Gasteiger partial charge in [-0.1, -0.05) is 146 Å². The summed E-state index contributed by atoms with van der Waals surface area (Å²) in [6.07, 6.45) is 11.0. The first kappa shape index (κ1) is 59.7. The summed E-state index contributed by atoms with van der Waals surface area (Å²) in [7, 11) is 0. The molecule has 0 radical (unpaired) electrons. The highest BCUT2D eigenvalue weighted by molar-refractivity contribution is 6.01. The number of hydrogen-bond donors (Lipinski definition) is 2. The van der Waals surface area contributed by atoms with Gasteiger partial charge in [-0.05, 0) is 121 Å². The molecule has 0 unspecified atom stereocenters. The maximum Gasteiger partial charge on any atom is 0.127 e. The first-order chi connectivity index (χ1) is 45.7. The largest absolute Gasteiger partial charge is 0.493 e. The van der Waals surface area contributed by atoms with Gasteiger partial charge in [0.15, 0.2) is 0 Å². The number of nitrogens with zero attached hydrogens (tertiary/aromatic N) is 2. The van der Waals surface area contributed by atoms with Gasteiger partial charge in [0, 0.05) is 92.3 Å². The molecule has 5 heterocycles. The maximum atomic E-state index is 6.74. The van der Waals surface area contributed by atoms with Crippen LogP contribution in [-0.2, 0) is 0 Å². The molecule has 11 aromatic rings. The number of rotatable bonds is 28. The lowest BCUT2D eigenvalue weighted by Crippen LogP contribution is -2.06. The first-order valence-corrected chi connectivity index (χ1v) is 31.4. The van der Waals surface area contributed by atoms with Crippen molar-refractivity contribution in [3.63, 3.8) is 0 Å². The zero-order valence-electron chi connectivity index (χ0n) is 51.0. The third kappa shape index (κ3) is 14.6. The SMILES string of the molecule is C1=Cc2nc1c(-c1ccccc1OCCCOc1ccccc1)c1ccc([nH]1)c(-c1ccccc1OCCCOc1ccccc1)c1nc(c(-c3ccccc3OCCCOc3ccccc3)c3ccc([nH]3)c2-c2ccccc2OCCCOc2ccccc2)C=C1. The second kappa shape index (κ2) is 29.8. The molecule has 0 saturated carbocycles. The van der Waals surface area contributed by atoms with Gasteiger partial charge in [-0.25, -0.2) is 9.97 Å². The standard InChI is InChI=1S/C80H70N4O8/c1-5-25-57(26-6-1)85-49-21-53-89-73-37-17-13-33-61(73)77-65-41-43-67(81-65)78(62-34-14-18-38-74(62)90-54-22-50-86-58-27-7-2-8-28-58)69-45-47-71(83-69)80(64-36-16-20-40-76(64)92-56-24-52-88-60-31-11-4-12-32-60)72-48-46-70(84-72)79(68-44-42-66(77)82-68)63-35-15-19-39-75(63)91-55-23-51-87-59-29-9-3-10-30-59/h1-20,25-48,81,84H,21-24,49-56H2. The van der Waals surface area contributed by atoms with Crippen molar-refractivity contribution in [2.45, 2.75) is 25.7 Å². The van der Waals surface area contributed by atoms with Gasteiger partial charge < -0.3 is 47.9 Å². The number of para-hydroxylation sites is 8. The first-order valence-electron chi connectivity index (χ1n) is 31.4. The van der Waals surface area contributed by atoms with Gasteiger partial charge in [0.1, 0.15) is 46.0 Å². The predicted octanol–water partition coefficient (Wildman–Crippen LogP) is 18.7. The molecule has 8 bridgehead atoms. The summed E-state index contributed by atoms with van der Waals surface area (Å²) in [5.41, 5.74) is 13.0. The fourth-order valence-electron chi connectivity index (χ4n) is 11.3. The molecule has 2 aliphatic heterocycles. The van der Waals surface area contributed by atoms with E-state index in [9.17, 15) is 0 Å². The van der Waals surface area contributed by atoms with E-state index in [-0.39, 0.29) is 0 Å². The molecule has 12 nitrogen and oxygen atoms in total. The van der Waals surface area contributed by atoms with Gasteiger partial charge in [-0.3, -0.25) is 0 Å². The van der Waals surface area contributed by atoms with E-state index in [1.807, 2.05) is 194 Å². The molecule has 0 saturated heterocycles. The van der Waals surface area contributed by atoms with E-state index in [2.05, 4.69) is 82.8 Å². The van der Waals surface area contributed by atoms with Gasteiger partial charge >= 0.3 is 0 Å². The fourth-order valence-corrected chi connectivity index (χ4v) is 11.3. The number of aromatic amines is 2. The molecule has 13 rings (SSSR count). The van der Waals surface area contributed by atoms with Crippen LogP contribution in [-0.4, -0.2) is 72.8 Å². The number of aromatic nitrogens is 4. The van der Waals surface area contributed by atoms with E-state index < -0.39 is 0 Å². The van der Waals surface area contributed by atoms with E-state index in [0.29, 0.717) is 102 Å². The summed E-state index contributed by atoms with van der Waals surface area (Å²) < 4.78 is 51.3.